The molecule has 1 saturated heterocycles. The predicted molar refractivity (Wildman–Crippen MR) is 104 cm³/mol. The predicted octanol–water partition coefficient (Wildman–Crippen LogP) is 2.23. The number of carbonyl (C=O) groups is 1. The third-order valence-electron chi connectivity index (χ3n) is 4.35. The summed E-state index contributed by atoms with van der Waals surface area (Å²) in [6.45, 7) is 2.08. The second-order valence-corrected chi connectivity index (χ2v) is 8.48. The molecule has 2 aromatic carbocycles. The highest BCUT2D eigenvalue weighted by Gasteiger charge is 2.20. The van der Waals surface area contributed by atoms with E-state index in [1.54, 1.807) is 0 Å². The first kappa shape index (κ1) is 20.7. The fraction of sp³-hybridized carbons (Fsp3) is 0.278. The molecule has 3 rings (SSSR count). The van der Waals surface area contributed by atoms with Crippen molar-refractivity contribution in [2.45, 2.75) is 4.90 Å². The standard InChI is InChI=1S/C18H18FN3O6S/c1-29(26,27)15-9-12(8-14(11-15)22(24)25)18(23)20-13-2-3-17(16(19)10-13)21-4-6-28-7-5-21/h2-3,8-11H,4-7H2,1H3,(H,20,23). The Labute approximate surface area is 166 Å². The topological polar surface area (TPSA) is 119 Å². The number of amides is 1. The smallest absolute Gasteiger partial charge is 0.271 e. The number of nitrogens with one attached hydrogen (secondary N) is 1. The van der Waals surface area contributed by atoms with Gasteiger partial charge in [-0.2, -0.15) is 0 Å². The van der Waals surface area contributed by atoms with E-state index in [2.05, 4.69) is 5.32 Å². The first-order valence-electron chi connectivity index (χ1n) is 8.58. The second kappa shape index (κ2) is 8.13. The molecule has 154 valence electrons. The third-order valence-corrected chi connectivity index (χ3v) is 5.44. The van der Waals surface area contributed by atoms with Crippen LogP contribution >= 0.6 is 0 Å². The summed E-state index contributed by atoms with van der Waals surface area (Å²) >= 11 is 0. The molecule has 0 aromatic heterocycles. The number of rotatable bonds is 5. The van der Waals surface area contributed by atoms with Gasteiger partial charge in [0.15, 0.2) is 9.84 Å². The molecule has 11 heteroatoms. The number of hydrogen-bond acceptors (Lipinski definition) is 7. The SMILES string of the molecule is CS(=O)(=O)c1cc(C(=O)Nc2ccc(N3CCOCC3)c(F)c2)cc([N+](=O)[O-])c1. The maximum absolute atomic E-state index is 14.5. The number of nitro benzene ring substituents is 1. The number of carbonyl (C=O) groups excluding carboxylic acids is 1. The summed E-state index contributed by atoms with van der Waals surface area (Å²) in [6.07, 6.45) is 0.882. The molecule has 1 aliphatic heterocycles. The number of halogens is 1. The molecule has 0 bridgehead atoms. The molecule has 0 saturated carbocycles. The number of hydrogen-bond donors (Lipinski definition) is 1. The highest BCUT2D eigenvalue weighted by Crippen LogP contribution is 2.25. The van der Waals surface area contributed by atoms with Crippen LogP contribution in [0.15, 0.2) is 41.3 Å². The van der Waals surface area contributed by atoms with E-state index in [1.165, 1.54) is 12.1 Å². The summed E-state index contributed by atoms with van der Waals surface area (Å²) in [4.78, 5) is 24.2. The summed E-state index contributed by atoms with van der Waals surface area (Å²) in [5.41, 5.74) is -0.248. The maximum Gasteiger partial charge on any atom is 0.271 e. The molecule has 1 fully saturated rings. The molecule has 2 aromatic rings. The van der Waals surface area contributed by atoms with Gasteiger partial charge in [-0.25, -0.2) is 12.8 Å². The van der Waals surface area contributed by atoms with Gasteiger partial charge in [0, 0.05) is 42.7 Å². The summed E-state index contributed by atoms with van der Waals surface area (Å²) < 4.78 is 43.2. The average Bonchev–Trinajstić information content (AvgIpc) is 2.67. The Morgan fingerprint density at radius 1 is 1.21 bits per heavy atom. The van der Waals surface area contributed by atoms with E-state index in [0.717, 1.165) is 30.5 Å². The zero-order valence-electron chi connectivity index (χ0n) is 15.4. The van der Waals surface area contributed by atoms with Crippen molar-refractivity contribution < 1.29 is 27.3 Å². The van der Waals surface area contributed by atoms with Gasteiger partial charge in [-0.05, 0) is 24.3 Å². The number of benzene rings is 2. The molecule has 0 atom stereocenters. The van der Waals surface area contributed by atoms with Crippen molar-refractivity contribution in [1.29, 1.82) is 0 Å². The van der Waals surface area contributed by atoms with Crippen LogP contribution in [0.4, 0.5) is 21.5 Å². The first-order valence-corrected chi connectivity index (χ1v) is 10.5. The van der Waals surface area contributed by atoms with Gasteiger partial charge in [0.05, 0.1) is 28.7 Å². The Bertz CT molecular complexity index is 1070. The van der Waals surface area contributed by atoms with Gasteiger partial charge < -0.3 is 15.0 Å². The van der Waals surface area contributed by atoms with Crippen LogP contribution in [0.1, 0.15) is 10.4 Å². The minimum atomic E-state index is -3.77. The number of anilines is 2. The molecule has 0 unspecified atom stereocenters. The lowest BCUT2D eigenvalue weighted by Gasteiger charge is -2.29. The largest absolute Gasteiger partial charge is 0.378 e. The van der Waals surface area contributed by atoms with Crippen LogP contribution in [0.25, 0.3) is 0 Å². The van der Waals surface area contributed by atoms with Crippen LogP contribution in [0.2, 0.25) is 0 Å². The zero-order valence-corrected chi connectivity index (χ0v) is 16.2. The van der Waals surface area contributed by atoms with Crippen LogP contribution < -0.4 is 10.2 Å². The number of ether oxygens (including phenoxy) is 1. The maximum atomic E-state index is 14.5. The molecule has 9 nitrogen and oxygen atoms in total. The molecule has 0 spiro atoms. The molecular formula is C18H18FN3O6S. The quantitative estimate of drug-likeness (QED) is 0.578. The van der Waals surface area contributed by atoms with Crippen molar-refractivity contribution in [1.82, 2.24) is 0 Å². The van der Waals surface area contributed by atoms with Crippen LogP contribution in [-0.4, -0.2) is 51.8 Å². The molecule has 1 N–H and O–H groups in total. The first-order chi connectivity index (χ1) is 13.6. The molecule has 1 aliphatic rings. The molecule has 0 radical (unpaired) electrons. The van der Waals surface area contributed by atoms with E-state index in [-0.39, 0.29) is 16.1 Å². The number of morpholine rings is 1. The average molecular weight is 423 g/mol. The van der Waals surface area contributed by atoms with E-state index in [0.29, 0.717) is 32.0 Å². The van der Waals surface area contributed by atoms with E-state index in [1.807, 2.05) is 4.90 Å². The molecule has 0 aliphatic carbocycles. The molecule has 29 heavy (non-hydrogen) atoms. The highest BCUT2D eigenvalue weighted by molar-refractivity contribution is 7.90. The Morgan fingerprint density at radius 3 is 2.48 bits per heavy atom. The molecular weight excluding hydrogens is 405 g/mol. The summed E-state index contributed by atoms with van der Waals surface area (Å²) in [5.74, 6) is -1.34. The van der Waals surface area contributed by atoms with E-state index in [9.17, 15) is 27.7 Å². The second-order valence-electron chi connectivity index (χ2n) is 6.46. The van der Waals surface area contributed by atoms with E-state index < -0.39 is 32.2 Å². The zero-order chi connectivity index (χ0) is 21.2. The van der Waals surface area contributed by atoms with E-state index in [4.69, 9.17) is 4.74 Å². The lowest BCUT2D eigenvalue weighted by atomic mass is 10.1. The van der Waals surface area contributed by atoms with Crippen molar-refractivity contribution >= 4 is 32.8 Å². The van der Waals surface area contributed by atoms with Crippen LogP contribution in [-0.2, 0) is 14.6 Å². The van der Waals surface area contributed by atoms with Gasteiger partial charge in [0.1, 0.15) is 5.82 Å². The summed E-state index contributed by atoms with van der Waals surface area (Å²) in [6, 6.07) is 7.03. The van der Waals surface area contributed by atoms with Gasteiger partial charge in [0.25, 0.3) is 11.6 Å². The lowest BCUT2D eigenvalue weighted by Crippen LogP contribution is -2.36. The number of nitrogens with zero attached hydrogens (tertiary/aromatic N) is 2. The Morgan fingerprint density at radius 2 is 1.90 bits per heavy atom. The number of nitro groups is 1. The normalized spacial score (nSPS) is 14.5. The van der Waals surface area contributed by atoms with Gasteiger partial charge in [-0.3, -0.25) is 14.9 Å². The Hall–Kier alpha value is -3.05. The van der Waals surface area contributed by atoms with Gasteiger partial charge in [-0.15, -0.1) is 0 Å². The summed E-state index contributed by atoms with van der Waals surface area (Å²) in [7, 11) is -3.77. The lowest BCUT2D eigenvalue weighted by molar-refractivity contribution is -0.385. The van der Waals surface area contributed by atoms with Crippen molar-refractivity contribution in [2.24, 2.45) is 0 Å². The van der Waals surface area contributed by atoms with E-state index >= 15 is 0 Å². The molecule has 1 heterocycles. The Kier molecular flexibility index (Phi) is 5.80. The van der Waals surface area contributed by atoms with Gasteiger partial charge in [0.2, 0.25) is 0 Å². The van der Waals surface area contributed by atoms with Crippen LogP contribution in [0.5, 0.6) is 0 Å². The van der Waals surface area contributed by atoms with Crippen LogP contribution in [0, 0.1) is 15.9 Å². The van der Waals surface area contributed by atoms with Crippen molar-refractivity contribution in [3.8, 4) is 0 Å². The number of non-ortho nitro benzene ring substituents is 1. The minimum Gasteiger partial charge on any atom is -0.378 e. The third kappa shape index (κ3) is 4.87. The Balaban J connectivity index is 1.85. The fourth-order valence-electron chi connectivity index (χ4n) is 2.88. The van der Waals surface area contributed by atoms with Crippen LogP contribution in [0.3, 0.4) is 0 Å². The minimum absolute atomic E-state index is 0.136. The van der Waals surface area contributed by atoms with Crippen molar-refractivity contribution in [2.75, 3.05) is 42.8 Å². The summed E-state index contributed by atoms with van der Waals surface area (Å²) in [5, 5.41) is 13.5. The number of sulfone groups is 1. The van der Waals surface area contributed by atoms with Gasteiger partial charge in [-0.1, -0.05) is 0 Å². The molecule has 1 amide bonds. The van der Waals surface area contributed by atoms with Crippen molar-refractivity contribution in [3.63, 3.8) is 0 Å². The highest BCUT2D eigenvalue weighted by atomic mass is 32.2. The van der Waals surface area contributed by atoms with Crippen molar-refractivity contribution in [3.05, 3.63) is 57.9 Å². The van der Waals surface area contributed by atoms with Gasteiger partial charge >= 0.3 is 0 Å². The fourth-order valence-corrected chi connectivity index (χ4v) is 3.56. The monoisotopic (exact) mass is 423 g/mol.